The van der Waals surface area contributed by atoms with Gasteiger partial charge < -0.3 is 14.2 Å². The second kappa shape index (κ2) is 8.12. The van der Waals surface area contributed by atoms with Crippen LogP contribution in [-0.2, 0) is 20.7 Å². The molecule has 0 saturated heterocycles. The molecule has 7 nitrogen and oxygen atoms in total. The Labute approximate surface area is 162 Å². The lowest BCUT2D eigenvalue weighted by Crippen LogP contribution is -2.34. The maximum atomic E-state index is 11.9. The van der Waals surface area contributed by atoms with Crippen LogP contribution >= 0.6 is 0 Å². The van der Waals surface area contributed by atoms with E-state index in [1.165, 1.54) is 0 Å². The minimum absolute atomic E-state index is 0.328. The van der Waals surface area contributed by atoms with Crippen molar-refractivity contribution in [2.45, 2.75) is 25.9 Å². The molecule has 0 saturated carbocycles. The molecular formula is C21H21NO6. The van der Waals surface area contributed by atoms with Crippen molar-refractivity contribution in [1.82, 2.24) is 5.32 Å². The van der Waals surface area contributed by atoms with E-state index < -0.39 is 24.4 Å². The molecule has 1 heterocycles. The summed E-state index contributed by atoms with van der Waals surface area (Å²) >= 11 is 0. The molecule has 0 unspecified atom stereocenters. The first-order valence-electron chi connectivity index (χ1n) is 8.83. The number of carbonyl (C=O) groups excluding carboxylic acids is 3. The van der Waals surface area contributed by atoms with Gasteiger partial charge in [0.05, 0.1) is 0 Å². The van der Waals surface area contributed by atoms with E-state index in [1.54, 1.807) is 36.4 Å². The van der Waals surface area contributed by atoms with Crippen molar-refractivity contribution in [3.63, 3.8) is 0 Å². The molecule has 0 spiro atoms. The van der Waals surface area contributed by atoms with Crippen molar-refractivity contribution < 1.29 is 28.6 Å². The van der Waals surface area contributed by atoms with Gasteiger partial charge in [-0.25, -0.2) is 4.79 Å². The minimum Gasteiger partial charge on any atom is -0.483 e. The Hall–Kier alpha value is -3.35. The van der Waals surface area contributed by atoms with Crippen LogP contribution in [0.1, 0.15) is 29.8 Å². The molecule has 146 valence electrons. The van der Waals surface area contributed by atoms with Crippen molar-refractivity contribution >= 4 is 17.8 Å². The first-order valence-corrected chi connectivity index (χ1v) is 8.83. The molecule has 0 aromatic heterocycles. The molecule has 0 radical (unpaired) electrons. The lowest BCUT2D eigenvalue weighted by molar-refractivity contribution is -0.150. The number of para-hydroxylation sites is 1. The van der Waals surface area contributed by atoms with E-state index >= 15 is 0 Å². The standard InChI is InChI=1S/C21H21NO6/c1-21(2)11-15-9-6-10-16(19(15)28-21)26-13-18(24)27-12-17(23)22-20(25)14-7-4-3-5-8-14/h3-10H,11-13H2,1-2H3,(H,22,23,25). The molecular weight excluding hydrogens is 362 g/mol. The number of carbonyl (C=O) groups is 3. The van der Waals surface area contributed by atoms with Crippen LogP contribution in [0.5, 0.6) is 11.5 Å². The first kappa shape index (κ1) is 19.4. The summed E-state index contributed by atoms with van der Waals surface area (Å²) in [6, 6.07) is 13.8. The number of amides is 2. The van der Waals surface area contributed by atoms with Crippen molar-refractivity contribution in [2.24, 2.45) is 0 Å². The van der Waals surface area contributed by atoms with E-state index in [0.29, 0.717) is 17.1 Å². The summed E-state index contributed by atoms with van der Waals surface area (Å²) in [5.41, 5.74) is 1.02. The molecule has 1 aliphatic heterocycles. The zero-order valence-corrected chi connectivity index (χ0v) is 15.7. The Morgan fingerprint density at radius 2 is 1.79 bits per heavy atom. The fraction of sp³-hybridized carbons (Fsp3) is 0.286. The fourth-order valence-electron chi connectivity index (χ4n) is 2.85. The van der Waals surface area contributed by atoms with E-state index in [0.717, 1.165) is 12.0 Å². The molecule has 2 aromatic carbocycles. The monoisotopic (exact) mass is 383 g/mol. The van der Waals surface area contributed by atoms with Crippen LogP contribution in [-0.4, -0.2) is 36.6 Å². The highest BCUT2D eigenvalue weighted by Gasteiger charge is 2.32. The molecule has 0 bridgehead atoms. The van der Waals surface area contributed by atoms with Crippen LogP contribution in [0.3, 0.4) is 0 Å². The molecule has 1 aliphatic rings. The first-order chi connectivity index (χ1) is 13.3. The Morgan fingerprint density at radius 3 is 2.54 bits per heavy atom. The van der Waals surface area contributed by atoms with Gasteiger partial charge in [0, 0.05) is 17.5 Å². The van der Waals surface area contributed by atoms with E-state index in [9.17, 15) is 14.4 Å². The second-order valence-corrected chi connectivity index (χ2v) is 6.98. The van der Waals surface area contributed by atoms with Gasteiger partial charge in [-0.15, -0.1) is 0 Å². The molecule has 3 rings (SSSR count). The summed E-state index contributed by atoms with van der Waals surface area (Å²) in [5, 5.41) is 2.15. The third-order valence-corrected chi connectivity index (χ3v) is 4.05. The van der Waals surface area contributed by atoms with Gasteiger partial charge in [-0.05, 0) is 32.0 Å². The zero-order chi connectivity index (χ0) is 20.1. The highest BCUT2D eigenvalue weighted by atomic mass is 16.6. The van der Waals surface area contributed by atoms with E-state index in [4.69, 9.17) is 14.2 Å². The van der Waals surface area contributed by atoms with Gasteiger partial charge in [0.15, 0.2) is 24.7 Å². The summed E-state index contributed by atoms with van der Waals surface area (Å²) in [6.45, 7) is 3.00. The molecule has 0 fully saturated rings. The predicted octanol–water partition coefficient (Wildman–Crippen LogP) is 2.28. The van der Waals surface area contributed by atoms with Gasteiger partial charge in [0.2, 0.25) is 0 Å². The lowest BCUT2D eigenvalue weighted by Gasteiger charge is -2.18. The third kappa shape index (κ3) is 4.88. The molecule has 2 amide bonds. The van der Waals surface area contributed by atoms with Gasteiger partial charge in [0.25, 0.3) is 11.8 Å². The van der Waals surface area contributed by atoms with Gasteiger partial charge in [-0.3, -0.25) is 14.9 Å². The zero-order valence-electron chi connectivity index (χ0n) is 15.7. The maximum Gasteiger partial charge on any atom is 0.344 e. The summed E-state index contributed by atoms with van der Waals surface area (Å²) < 4.78 is 16.2. The van der Waals surface area contributed by atoms with Gasteiger partial charge in [-0.2, -0.15) is 0 Å². The van der Waals surface area contributed by atoms with E-state index in [1.807, 2.05) is 26.0 Å². The van der Waals surface area contributed by atoms with Crippen LogP contribution in [0.25, 0.3) is 0 Å². The number of nitrogens with one attached hydrogen (secondary N) is 1. The largest absolute Gasteiger partial charge is 0.483 e. The Morgan fingerprint density at radius 1 is 1.04 bits per heavy atom. The van der Waals surface area contributed by atoms with Crippen molar-refractivity contribution in [3.05, 3.63) is 59.7 Å². The molecule has 7 heteroatoms. The number of hydrogen-bond donors (Lipinski definition) is 1. The van der Waals surface area contributed by atoms with Crippen molar-refractivity contribution in [3.8, 4) is 11.5 Å². The summed E-state index contributed by atoms with van der Waals surface area (Å²) in [4.78, 5) is 35.5. The summed E-state index contributed by atoms with van der Waals surface area (Å²) in [5.74, 6) is -0.933. The van der Waals surface area contributed by atoms with Crippen molar-refractivity contribution in [2.75, 3.05) is 13.2 Å². The third-order valence-electron chi connectivity index (χ3n) is 4.05. The smallest absolute Gasteiger partial charge is 0.344 e. The van der Waals surface area contributed by atoms with Crippen LogP contribution in [0.4, 0.5) is 0 Å². The van der Waals surface area contributed by atoms with Crippen LogP contribution < -0.4 is 14.8 Å². The highest BCUT2D eigenvalue weighted by Crippen LogP contribution is 2.41. The number of fused-ring (bicyclic) bond motifs is 1. The SMILES string of the molecule is CC1(C)Cc2cccc(OCC(=O)OCC(=O)NC(=O)c3ccccc3)c2O1. The predicted molar refractivity (Wildman–Crippen MR) is 100 cm³/mol. The number of benzene rings is 2. The van der Waals surface area contributed by atoms with E-state index in [-0.39, 0.29) is 12.2 Å². The summed E-state index contributed by atoms with van der Waals surface area (Å²) in [7, 11) is 0. The maximum absolute atomic E-state index is 11.9. The van der Waals surface area contributed by atoms with Gasteiger partial charge in [-0.1, -0.05) is 30.3 Å². The average Bonchev–Trinajstić information content (AvgIpc) is 2.99. The van der Waals surface area contributed by atoms with Crippen LogP contribution in [0, 0.1) is 0 Å². The van der Waals surface area contributed by atoms with Crippen LogP contribution in [0.2, 0.25) is 0 Å². The van der Waals surface area contributed by atoms with Crippen molar-refractivity contribution in [1.29, 1.82) is 0 Å². The quantitative estimate of drug-likeness (QED) is 0.770. The number of hydrogen-bond acceptors (Lipinski definition) is 6. The molecule has 1 N–H and O–H groups in total. The molecule has 0 aliphatic carbocycles. The number of ether oxygens (including phenoxy) is 3. The van der Waals surface area contributed by atoms with E-state index in [2.05, 4.69) is 5.32 Å². The minimum atomic E-state index is -0.725. The lowest BCUT2D eigenvalue weighted by atomic mass is 10.0. The average molecular weight is 383 g/mol. The van der Waals surface area contributed by atoms with Crippen LogP contribution in [0.15, 0.2) is 48.5 Å². The number of rotatable bonds is 6. The number of imide groups is 1. The Kier molecular flexibility index (Phi) is 5.63. The highest BCUT2D eigenvalue weighted by molar-refractivity contribution is 6.05. The molecule has 0 atom stereocenters. The molecule has 28 heavy (non-hydrogen) atoms. The number of esters is 1. The Balaban J connectivity index is 1.45. The topological polar surface area (TPSA) is 90.9 Å². The molecule has 2 aromatic rings. The fourth-order valence-corrected chi connectivity index (χ4v) is 2.85. The Bertz CT molecular complexity index is 891. The summed E-state index contributed by atoms with van der Waals surface area (Å²) in [6.07, 6.45) is 0.750. The van der Waals surface area contributed by atoms with Gasteiger partial charge >= 0.3 is 5.97 Å². The van der Waals surface area contributed by atoms with Gasteiger partial charge in [0.1, 0.15) is 5.60 Å². The second-order valence-electron chi connectivity index (χ2n) is 6.98. The normalized spacial score (nSPS) is 13.8.